The first-order valence-electron chi connectivity index (χ1n) is 7.34. The number of hydrogen-bond acceptors (Lipinski definition) is 5. The first kappa shape index (κ1) is 17.1. The number of nitrogens with two attached hydrogens (primary N) is 1. The zero-order valence-corrected chi connectivity index (χ0v) is 13.7. The third kappa shape index (κ3) is 5.59. The highest BCUT2D eigenvalue weighted by Crippen LogP contribution is 2.26. The maximum Gasteiger partial charge on any atom is 0.226 e. The molecule has 0 saturated carbocycles. The van der Waals surface area contributed by atoms with E-state index in [1.165, 1.54) is 0 Å². The number of ether oxygens (including phenoxy) is 1. The summed E-state index contributed by atoms with van der Waals surface area (Å²) >= 11 is 0. The molecule has 0 radical (unpaired) electrons. The Kier molecular flexibility index (Phi) is 5.71. The zero-order valence-electron chi connectivity index (χ0n) is 13.7. The van der Waals surface area contributed by atoms with Crippen LogP contribution in [0.2, 0.25) is 0 Å². The van der Waals surface area contributed by atoms with Crippen LogP contribution in [-0.2, 0) is 16.7 Å². The minimum Gasteiger partial charge on any atom is -0.379 e. The van der Waals surface area contributed by atoms with Crippen LogP contribution < -0.4 is 5.73 Å². The van der Waals surface area contributed by atoms with Gasteiger partial charge in [-0.05, 0) is 31.6 Å². The lowest BCUT2D eigenvalue weighted by molar-refractivity contribution is 0.0962. The van der Waals surface area contributed by atoms with Crippen molar-refractivity contribution in [3.63, 3.8) is 0 Å². The second-order valence-electron chi connectivity index (χ2n) is 7.14. The second-order valence-corrected chi connectivity index (χ2v) is 7.14. The van der Waals surface area contributed by atoms with Gasteiger partial charge in [0.1, 0.15) is 5.54 Å². The Balaban J connectivity index is 2.63. The van der Waals surface area contributed by atoms with Crippen molar-refractivity contribution >= 4 is 0 Å². The Hall–Kier alpha value is -0.940. The van der Waals surface area contributed by atoms with Gasteiger partial charge in [-0.2, -0.15) is 4.98 Å². The van der Waals surface area contributed by atoms with Gasteiger partial charge < -0.3 is 15.0 Å². The van der Waals surface area contributed by atoms with E-state index in [2.05, 4.69) is 37.8 Å². The van der Waals surface area contributed by atoms with Crippen molar-refractivity contribution in [1.29, 1.82) is 0 Å². The standard InChI is InChI=1S/C15H29N3O2/c1-7-19-10-15(6,16)13-17-12(20-18-13)8-11(2)9-14(3,4)5/h11H,7-10,16H2,1-6H3. The van der Waals surface area contributed by atoms with E-state index < -0.39 is 5.54 Å². The second kappa shape index (κ2) is 6.68. The summed E-state index contributed by atoms with van der Waals surface area (Å²) in [4.78, 5) is 4.42. The molecule has 0 aliphatic carbocycles. The maximum absolute atomic E-state index is 6.16. The van der Waals surface area contributed by atoms with Crippen LogP contribution in [-0.4, -0.2) is 23.4 Å². The van der Waals surface area contributed by atoms with Gasteiger partial charge in [-0.3, -0.25) is 0 Å². The SMILES string of the molecule is CCOCC(C)(N)c1noc(CC(C)CC(C)(C)C)n1. The van der Waals surface area contributed by atoms with Crippen molar-refractivity contribution in [1.82, 2.24) is 10.1 Å². The third-order valence-corrected chi connectivity index (χ3v) is 3.07. The van der Waals surface area contributed by atoms with E-state index in [0.29, 0.717) is 36.3 Å². The molecule has 1 rings (SSSR count). The summed E-state index contributed by atoms with van der Waals surface area (Å²) in [6, 6.07) is 0. The predicted octanol–water partition coefficient (Wildman–Crippen LogP) is 2.89. The number of hydrogen-bond donors (Lipinski definition) is 1. The molecular formula is C15H29N3O2. The van der Waals surface area contributed by atoms with Crippen molar-refractivity contribution in [2.45, 2.75) is 59.9 Å². The molecule has 2 unspecified atom stereocenters. The van der Waals surface area contributed by atoms with E-state index in [1.807, 2.05) is 13.8 Å². The van der Waals surface area contributed by atoms with Gasteiger partial charge in [0.25, 0.3) is 0 Å². The van der Waals surface area contributed by atoms with Crippen molar-refractivity contribution in [2.75, 3.05) is 13.2 Å². The molecule has 0 aromatic carbocycles. The molecule has 0 aliphatic rings. The van der Waals surface area contributed by atoms with Gasteiger partial charge in [0.15, 0.2) is 5.82 Å². The van der Waals surface area contributed by atoms with E-state index >= 15 is 0 Å². The Bertz CT molecular complexity index is 407. The molecular weight excluding hydrogens is 254 g/mol. The van der Waals surface area contributed by atoms with E-state index in [1.54, 1.807) is 0 Å². The monoisotopic (exact) mass is 283 g/mol. The normalized spacial score (nSPS) is 16.9. The highest BCUT2D eigenvalue weighted by Gasteiger charge is 2.28. The highest BCUT2D eigenvalue weighted by molar-refractivity contribution is 5.02. The Morgan fingerprint density at radius 3 is 2.50 bits per heavy atom. The molecule has 1 heterocycles. The summed E-state index contributed by atoms with van der Waals surface area (Å²) in [5, 5.41) is 4.00. The molecule has 5 heteroatoms. The minimum atomic E-state index is -0.703. The van der Waals surface area contributed by atoms with E-state index in [4.69, 9.17) is 15.0 Å². The molecule has 116 valence electrons. The van der Waals surface area contributed by atoms with Crippen LogP contribution in [0, 0.1) is 11.3 Å². The first-order chi connectivity index (χ1) is 9.14. The molecule has 5 nitrogen and oxygen atoms in total. The molecule has 20 heavy (non-hydrogen) atoms. The summed E-state index contributed by atoms with van der Waals surface area (Å²) < 4.78 is 10.7. The first-order valence-corrected chi connectivity index (χ1v) is 7.34. The van der Waals surface area contributed by atoms with E-state index in [0.717, 1.165) is 12.8 Å². The lowest BCUT2D eigenvalue weighted by Crippen LogP contribution is -2.39. The van der Waals surface area contributed by atoms with Gasteiger partial charge in [-0.15, -0.1) is 0 Å². The van der Waals surface area contributed by atoms with Crippen LogP contribution in [0.5, 0.6) is 0 Å². The lowest BCUT2D eigenvalue weighted by atomic mass is 9.84. The van der Waals surface area contributed by atoms with Crippen molar-refractivity contribution in [3.05, 3.63) is 11.7 Å². The fourth-order valence-corrected chi connectivity index (χ4v) is 2.36. The number of nitrogens with zero attached hydrogens (tertiary/aromatic N) is 2. The summed E-state index contributed by atoms with van der Waals surface area (Å²) in [5.41, 5.74) is 5.76. The van der Waals surface area contributed by atoms with E-state index in [9.17, 15) is 0 Å². The molecule has 0 bridgehead atoms. The molecule has 0 amide bonds. The number of aromatic nitrogens is 2. The van der Waals surface area contributed by atoms with Gasteiger partial charge in [0.2, 0.25) is 5.89 Å². The summed E-state index contributed by atoms with van der Waals surface area (Å²) in [7, 11) is 0. The van der Waals surface area contributed by atoms with Crippen molar-refractivity contribution < 1.29 is 9.26 Å². The van der Waals surface area contributed by atoms with Gasteiger partial charge in [0.05, 0.1) is 6.61 Å². The topological polar surface area (TPSA) is 74.2 Å². The smallest absolute Gasteiger partial charge is 0.226 e. The fourth-order valence-electron chi connectivity index (χ4n) is 2.36. The van der Waals surface area contributed by atoms with Crippen molar-refractivity contribution in [2.24, 2.45) is 17.1 Å². The Morgan fingerprint density at radius 2 is 1.95 bits per heavy atom. The zero-order chi connectivity index (χ0) is 15.4. The summed E-state index contributed by atoms with van der Waals surface area (Å²) in [6.07, 6.45) is 1.90. The van der Waals surface area contributed by atoms with E-state index in [-0.39, 0.29) is 0 Å². The third-order valence-electron chi connectivity index (χ3n) is 3.07. The Labute approximate surface area is 122 Å². The molecule has 0 spiro atoms. The molecule has 1 aromatic heterocycles. The van der Waals surface area contributed by atoms with Crippen LogP contribution in [0.3, 0.4) is 0 Å². The average Bonchev–Trinajstić information content (AvgIpc) is 2.72. The average molecular weight is 283 g/mol. The van der Waals surface area contributed by atoms with Gasteiger partial charge in [-0.1, -0.05) is 32.9 Å². The summed E-state index contributed by atoms with van der Waals surface area (Å²) in [5.74, 6) is 1.67. The van der Waals surface area contributed by atoms with Crippen LogP contribution >= 0.6 is 0 Å². The molecule has 2 atom stereocenters. The van der Waals surface area contributed by atoms with Gasteiger partial charge in [0, 0.05) is 13.0 Å². The van der Waals surface area contributed by atoms with Crippen LogP contribution in [0.15, 0.2) is 4.52 Å². The van der Waals surface area contributed by atoms with Crippen LogP contribution in [0.4, 0.5) is 0 Å². The maximum atomic E-state index is 6.16. The Morgan fingerprint density at radius 1 is 1.30 bits per heavy atom. The van der Waals surface area contributed by atoms with Gasteiger partial charge >= 0.3 is 0 Å². The molecule has 2 N–H and O–H groups in total. The predicted molar refractivity (Wildman–Crippen MR) is 79.3 cm³/mol. The summed E-state index contributed by atoms with van der Waals surface area (Å²) in [6.45, 7) is 13.7. The quantitative estimate of drug-likeness (QED) is 0.832. The largest absolute Gasteiger partial charge is 0.379 e. The fraction of sp³-hybridized carbons (Fsp3) is 0.867. The van der Waals surface area contributed by atoms with Gasteiger partial charge in [-0.25, -0.2) is 0 Å². The molecule has 1 aromatic rings. The van der Waals surface area contributed by atoms with Crippen molar-refractivity contribution in [3.8, 4) is 0 Å². The lowest BCUT2D eigenvalue weighted by Gasteiger charge is -2.22. The highest BCUT2D eigenvalue weighted by atomic mass is 16.5. The van der Waals surface area contributed by atoms with Crippen LogP contribution in [0.1, 0.15) is 59.7 Å². The van der Waals surface area contributed by atoms with Crippen LogP contribution in [0.25, 0.3) is 0 Å². The minimum absolute atomic E-state index is 0.305. The molecule has 0 fully saturated rings. The molecule has 0 saturated heterocycles. The molecule has 0 aliphatic heterocycles. The number of rotatable bonds is 7.